The maximum atomic E-state index is 14.0. The average Bonchev–Trinajstić information content (AvgIpc) is 3.11. The van der Waals surface area contributed by atoms with Gasteiger partial charge in [0, 0.05) is 17.2 Å². The molecule has 1 aliphatic carbocycles. The van der Waals surface area contributed by atoms with E-state index < -0.39 is 41.0 Å². The van der Waals surface area contributed by atoms with Crippen molar-refractivity contribution >= 4 is 29.7 Å². The van der Waals surface area contributed by atoms with E-state index in [-0.39, 0.29) is 67.7 Å². The first-order valence-corrected chi connectivity index (χ1v) is 17.4. The number of ether oxygens (including phenoxy) is 5. The van der Waals surface area contributed by atoms with Crippen LogP contribution in [-0.4, -0.2) is 64.8 Å². The number of rotatable bonds is 10. The van der Waals surface area contributed by atoms with Gasteiger partial charge in [0.1, 0.15) is 28.6 Å². The Morgan fingerprint density at radius 1 is 0.600 bits per heavy atom. The molecule has 1 aliphatic rings. The van der Waals surface area contributed by atoms with Crippen molar-refractivity contribution in [2.75, 3.05) is 14.2 Å². The van der Waals surface area contributed by atoms with Crippen LogP contribution in [0.4, 0.5) is 0 Å². The summed E-state index contributed by atoms with van der Waals surface area (Å²) in [6.45, 7) is 17.6. The number of ketones is 1. The second-order valence-corrected chi connectivity index (χ2v) is 13.6. The number of hydrogen-bond acceptors (Lipinski definition) is 12. The number of carboxylic acids is 1. The third-order valence-electron chi connectivity index (χ3n) is 10.6. The summed E-state index contributed by atoms with van der Waals surface area (Å²) in [5.74, 6) is -5.11. The Bertz CT molecular complexity index is 2240. The smallest absolute Gasteiger partial charge is 0.356 e. The quantitative estimate of drug-likeness (QED) is 0.149. The van der Waals surface area contributed by atoms with Crippen molar-refractivity contribution < 1.29 is 63.0 Å². The Balaban J connectivity index is 1.74. The zero-order chi connectivity index (χ0) is 41.6. The number of allylic oxidation sites excluding steroid dienone is 2. The number of esters is 3. The first kappa shape index (κ1) is 41.8. The number of aromatic hydroxyl groups is 1. The number of benzene rings is 3. The Hall–Kier alpha value is -5.95. The number of aliphatic hydroxyl groups is 1. The summed E-state index contributed by atoms with van der Waals surface area (Å²) in [5.41, 5.74) is 1.21. The molecule has 3 aromatic rings. The SMILES string of the molecule is CCc1c(C)c(C(=O)O)c(C)c(C)c1OC(=O)c1c(C)c(C)c(OC(=O)c2c(C)c(C)c(OC(=O)[C@@]3(O)C(C)=CC(=O)C=C3OC)c(OC)c2C)c(C)c1O. The molecule has 0 fully saturated rings. The lowest BCUT2D eigenvalue weighted by molar-refractivity contribution is -0.151. The van der Waals surface area contributed by atoms with Gasteiger partial charge in [0.25, 0.3) is 0 Å². The van der Waals surface area contributed by atoms with Crippen molar-refractivity contribution in [3.63, 3.8) is 0 Å². The van der Waals surface area contributed by atoms with Gasteiger partial charge in [0.2, 0.25) is 5.60 Å². The molecule has 0 saturated carbocycles. The lowest BCUT2D eigenvalue weighted by atomic mass is 9.87. The highest BCUT2D eigenvalue weighted by molar-refractivity contribution is 6.06. The minimum absolute atomic E-state index is 0.000569. The van der Waals surface area contributed by atoms with Gasteiger partial charge in [-0.1, -0.05) is 6.92 Å². The monoisotopic (exact) mass is 758 g/mol. The molecule has 0 aliphatic heterocycles. The molecule has 292 valence electrons. The minimum Gasteiger partial charge on any atom is -0.507 e. The number of aromatic carboxylic acids is 1. The lowest BCUT2D eigenvalue weighted by Crippen LogP contribution is -2.47. The molecule has 0 aromatic heterocycles. The summed E-state index contributed by atoms with van der Waals surface area (Å²) in [5, 5.41) is 32.6. The number of carbonyl (C=O) groups excluding carboxylic acids is 4. The normalized spacial score (nSPS) is 15.2. The Labute approximate surface area is 319 Å². The molecular weight excluding hydrogens is 712 g/mol. The van der Waals surface area contributed by atoms with E-state index in [1.807, 2.05) is 6.92 Å². The highest BCUT2D eigenvalue weighted by Gasteiger charge is 2.48. The molecule has 0 bridgehead atoms. The van der Waals surface area contributed by atoms with E-state index in [1.165, 1.54) is 28.1 Å². The van der Waals surface area contributed by atoms with Gasteiger partial charge in [0.15, 0.2) is 17.3 Å². The number of phenols is 1. The maximum Gasteiger partial charge on any atom is 0.356 e. The predicted molar refractivity (Wildman–Crippen MR) is 201 cm³/mol. The minimum atomic E-state index is -2.41. The molecule has 55 heavy (non-hydrogen) atoms. The van der Waals surface area contributed by atoms with E-state index in [1.54, 1.807) is 55.4 Å². The highest BCUT2D eigenvalue weighted by Crippen LogP contribution is 2.44. The molecule has 0 amide bonds. The maximum absolute atomic E-state index is 14.0. The van der Waals surface area contributed by atoms with Crippen molar-refractivity contribution in [3.05, 3.63) is 95.8 Å². The number of carboxylic acid groups (broad SMARTS) is 1. The molecule has 3 N–H and O–H groups in total. The summed E-state index contributed by atoms with van der Waals surface area (Å²) in [4.78, 5) is 65.4. The van der Waals surface area contributed by atoms with Crippen molar-refractivity contribution in [1.29, 1.82) is 0 Å². The summed E-state index contributed by atoms with van der Waals surface area (Å²) < 4.78 is 28.3. The standard InChI is InChI=1S/C42H46O13/c1-14-28-24(9)30(38(45)46)18(3)22(7)35(28)54-40(48)32-20(5)21(6)34(26(11)33(32)44)53-39(47)31-19(4)23(8)37(36(52-13)25(31)10)55-41(49)42(50)17(2)15-27(43)16-29(42)51-12/h15-16,44,50H,14H2,1-13H3,(H,45,46)/t42-/m1/s1. The van der Waals surface area contributed by atoms with Gasteiger partial charge < -0.3 is 39.0 Å². The molecule has 13 heteroatoms. The van der Waals surface area contributed by atoms with Crippen LogP contribution in [0.15, 0.2) is 23.5 Å². The molecule has 3 aromatic carbocycles. The van der Waals surface area contributed by atoms with Crippen LogP contribution in [0.5, 0.6) is 28.7 Å². The van der Waals surface area contributed by atoms with Gasteiger partial charge in [-0.05, 0) is 132 Å². The first-order chi connectivity index (χ1) is 25.6. The lowest BCUT2D eigenvalue weighted by Gasteiger charge is -2.31. The number of hydrogen-bond donors (Lipinski definition) is 3. The number of methoxy groups -OCH3 is 2. The van der Waals surface area contributed by atoms with Crippen LogP contribution in [0.2, 0.25) is 0 Å². The average molecular weight is 759 g/mol. The molecule has 0 spiro atoms. The van der Waals surface area contributed by atoms with Crippen molar-refractivity contribution in [2.24, 2.45) is 0 Å². The second-order valence-electron chi connectivity index (χ2n) is 13.6. The fourth-order valence-electron chi connectivity index (χ4n) is 7.06. The number of carbonyl (C=O) groups is 5. The zero-order valence-corrected chi connectivity index (χ0v) is 33.3. The summed E-state index contributed by atoms with van der Waals surface area (Å²) in [7, 11) is 2.51. The summed E-state index contributed by atoms with van der Waals surface area (Å²) >= 11 is 0. The van der Waals surface area contributed by atoms with Crippen LogP contribution in [0.3, 0.4) is 0 Å². The van der Waals surface area contributed by atoms with Crippen LogP contribution >= 0.6 is 0 Å². The first-order valence-electron chi connectivity index (χ1n) is 17.4. The van der Waals surface area contributed by atoms with Gasteiger partial charge in [-0.2, -0.15) is 0 Å². The Morgan fingerprint density at radius 2 is 1.11 bits per heavy atom. The van der Waals surface area contributed by atoms with Gasteiger partial charge in [-0.15, -0.1) is 0 Å². The Kier molecular flexibility index (Phi) is 11.7. The van der Waals surface area contributed by atoms with E-state index >= 15 is 0 Å². The van der Waals surface area contributed by atoms with Gasteiger partial charge in [-0.3, -0.25) is 4.79 Å². The van der Waals surface area contributed by atoms with E-state index in [9.17, 15) is 39.3 Å². The van der Waals surface area contributed by atoms with Crippen LogP contribution in [0.25, 0.3) is 0 Å². The molecule has 0 radical (unpaired) electrons. The summed E-state index contributed by atoms with van der Waals surface area (Å²) in [6, 6.07) is 0. The third-order valence-corrected chi connectivity index (χ3v) is 10.6. The molecular formula is C42H46O13. The van der Waals surface area contributed by atoms with Gasteiger partial charge >= 0.3 is 23.9 Å². The van der Waals surface area contributed by atoms with E-state index in [0.29, 0.717) is 45.4 Å². The Morgan fingerprint density at radius 3 is 1.65 bits per heavy atom. The molecule has 0 saturated heterocycles. The largest absolute Gasteiger partial charge is 0.507 e. The molecule has 0 unspecified atom stereocenters. The topological polar surface area (TPSA) is 192 Å². The molecule has 1 atom stereocenters. The van der Waals surface area contributed by atoms with E-state index in [2.05, 4.69) is 0 Å². The van der Waals surface area contributed by atoms with E-state index in [4.69, 9.17) is 23.7 Å². The fraction of sp³-hybridized carbons (Fsp3) is 0.357. The highest BCUT2D eigenvalue weighted by atomic mass is 16.6. The van der Waals surface area contributed by atoms with Crippen LogP contribution in [0, 0.1) is 62.3 Å². The summed E-state index contributed by atoms with van der Waals surface area (Å²) in [6.07, 6.45) is 2.46. The van der Waals surface area contributed by atoms with Crippen molar-refractivity contribution in [1.82, 2.24) is 0 Å². The second kappa shape index (κ2) is 15.4. The van der Waals surface area contributed by atoms with Gasteiger partial charge in [0.05, 0.1) is 25.3 Å². The van der Waals surface area contributed by atoms with Crippen LogP contribution in [-0.2, 0) is 20.7 Å². The molecule has 13 nitrogen and oxygen atoms in total. The fourth-order valence-corrected chi connectivity index (χ4v) is 7.06. The van der Waals surface area contributed by atoms with Gasteiger partial charge in [-0.25, -0.2) is 19.2 Å². The van der Waals surface area contributed by atoms with Crippen molar-refractivity contribution in [2.45, 2.75) is 88.2 Å². The van der Waals surface area contributed by atoms with E-state index in [0.717, 1.165) is 12.2 Å². The third kappa shape index (κ3) is 6.84. The van der Waals surface area contributed by atoms with Crippen LogP contribution in [0.1, 0.15) is 101 Å². The predicted octanol–water partition coefficient (Wildman–Crippen LogP) is 6.57. The van der Waals surface area contributed by atoms with Crippen molar-refractivity contribution in [3.8, 4) is 28.7 Å². The number of phenolic OH excluding ortho intramolecular Hbond substituents is 1. The molecule has 0 heterocycles. The van der Waals surface area contributed by atoms with Crippen LogP contribution < -0.4 is 18.9 Å². The molecule has 4 rings (SSSR count). The zero-order valence-electron chi connectivity index (χ0n) is 33.3.